The Morgan fingerprint density at radius 3 is 2.85 bits per heavy atom. The van der Waals surface area contributed by atoms with Gasteiger partial charge in [0, 0.05) is 24.5 Å². The van der Waals surface area contributed by atoms with Gasteiger partial charge in [0.2, 0.25) is 5.91 Å². The maximum atomic E-state index is 12.3. The van der Waals surface area contributed by atoms with Crippen LogP contribution in [0.1, 0.15) is 36.1 Å². The zero-order valence-electron chi connectivity index (χ0n) is 12.7. The molecule has 112 valence electrons. The van der Waals surface area contributed by atoms with Crippen LogP contribution in [0.5, 0.6) is 0 Å². The number of rotatable bonds is 5. The lowest BCUT2D eigenvalue weighted by Gasteiger charge is -2.29. The molecule has 0 aromatic carbocycles. The zero-order valence-corrected chi connectivity index (χ0v) is 13.5. The summed E-state index contributed by atoms with van der Waals surface area (Å²) in [6, 6.07) is 0. The van der Waals surface area contributed by atoms with E-state index in [-0.39, 0.29) is 5.91 Å². The zero-order chi connectivity index (χ0) is 14.5. The minimum atomic E-state index is 0.252. The van der Waals surface area contributed by atoms with Crippen molar-refractivity contribution in [3.8, 4) is 0 Å². The maximum absolute atomic E-state index is 12.3. The first-order chi connectivity index (χ1) is 9.56. The number of carbonyl (C=O) groups excluding carboxylic acids is 1. The number of thiazole rings is 1. The lowest BCUT2D eigenvalue weighted by atomic mass is 9.84. The van der Waals surface area contributed by atoms with E-state index in [1.807, 2.05) is 25.1 Å². The number of aromatic nitrogens is 1. The summed E-state index contributed by atoms with van der Waals surface area (Å²) in [6.07, 6.45) is 4.94. The van der Waals surface area contributed by atoms with Crippen molar-refractivity contribution in [2.24, 2.45) is 11.8 Å². The summed E-state index contributed by atoms with van der Waals surface area (Å²) in [5, 5.41) is 4.44. The number of hydrogen-bond donors (Lipinski definition) is 1. The van der Waals surface area contributed by atoms with Crippen molar-refractivity contribution in [2.45, 2.75) is 39.7 Å². The summed E-state index contributed by atoms with van der Waals surface area (Å²) in [6.45, 7) is 7.09. The Labute approximate surface area is 125 Å². The van der Waals surface area contributed by atoms with Crippen LogP contribution in [0.3, 0.4) is 0 Å². The molecule has 0 bridgehead atoms. The highest BCUT2D eigenvalue weighted by Crippen LogP contribution is 2.25. The van der Waals surface area contributed by atoms with Gasteiger partial charge in [0.05, 0.1) is 11.6 Å². The van der Waals surface area contributed by atoms with Gasteiger partial charge in [-0.15, -0.1) is 11.3 Å². The predicted molar refractivity (Wildman–Crippen MR) is 82.7 cm³/mol. The maximum Gasteiger partial charge on any atom is 0.222 e. The molecule has 4 nitrogen and oxygen atoms in total. The van der Waals surface area contributed by atoms with Crippen LogP contribution in [0.15, 0.2) is 6.20 Å². The molecule has 1 saturated heterocycles. The van der Waals surface area contributed by atoms with Crippen LogP contribution in [0, 0.1) is 18.8 Å². The van der Waals surface area contributed by atoms with E-state index < -0.39 is 0 Å². The number of carbonyl (C=O) groups is 1. The first-order valence-electron chi connectivity index (χ1n) is 7.42. The Balaban J connectivity index is 1.80. The van der Waals surface area contributed by atoms with Crippen LogP contribution in [-0.2, 0) is 11.3 Å². The fraction of sp³-hybridized carbons (Fsp3) is 0.733. The van der Waals surface area contributed by atoms with Crippen molar-refractivity contribution < 1.29 is 4.79 Å². The van der Waals surface area contributed by atoms with E-state index in [0.29, 0.717) is 24.8 Å². The Morgan fingerprint density at radius 1 is 1.55 bits per heavy atom. The molecule has 2 heterocycles. The van der Waals surface area contributed by atoms with Gasteiger partial charge in [-0.3, -0.25) is 4.79 Å². The standard InChI is InChI=1S/C15H25N3OS/c1-11(13-4-6-16-7-5-13)8-15(19)18(3)10-14-9-17-12(2)20-14/h9,11,13,16H,4-8,10H2,1-3H3. The SMILES string of the molecule is Cc1ncc(CN(C)C(=O)CC(C)C2CCNCC2)s1. The van der Waals surface area contributed by atoms with Gasteiger partial charge in [-0.05, 0) is 44.7 Å². The Morgan fingerprint density at radius 2 is 2.25 bits per heavy atom. The van der Waals surface area contributed by atoms with Crippen molar-refractivity contribution in [3.63, 3.8) is 0 Å². The molecule has 1 aromatic heterocycles. The van der Waals surface area contributed by atoms with Crippen molar-refractivity contribution in [1.29, 1.82) is 0 Å². The molecule has 0 saturated carbocycles. The summed E-state index contributed by atoms with van der Waals surface area (Å²) in [5.41, 5.74) is 0. The predicted octanol–water partition coefficient (Wildman–Crippen LogP) is 2.44. The number of nitrogens with zero attached hydrogens (tertiary/aromatic N) is 2. The third-order valence-corrected chi connectivity index (χ3v) is 5.07. The van der Waals surface area contributed by atoms with Gasteiger partial charge in [0.25, 0.3) is 0 Å². The van der Waals surface area contributed by atoms with E-state index in [0.717, 1.165) is 23.0 Å². The monoisotopic (exact) mass is 295 g/mol. The second-order valence-corrected chi connectivity index (χ2v) is 7.18. The smallest absolute Gasteiger partial charge is 0.222 e. The first kappa shape index (κ1) is 15.4. The molecule has 1 amide bonds. The second kappa shape index (κ2) is 7.18. The molecule has 0 radical (unpaired) electrons. The highest BCUT2D eigenvalue weighted by Gasteiger charge is 2.23. The highest BCUT2D eigenvalue weighted by molar-refractivity contribution is 7.11. The van der Waals surface area contributed by atoms with Gasteiger partial charge < -0.3 is 10.2 Å². The average Bonchev–Trinajstić information content (AvgIpc) is 2.85. The van der Waals surface area contributed by atoms with Crippen molar-refractivity contribution in [1.82, 2.24) is 15.2 Å². The van der Waals surface area contributed by atoms with Gasteiger partial charge in [0.15, 0.2) is 0 Å². The average molecular weight is 295 g/mol. The van der Waals surface area contributed by atoms with E-state index in [1.54, 1.807) is 11.3 Å². The lowest BCUT2D eigenvalue weighted by Crippen LogP contribution is -2.34. The van der Waals surface area contributed by atoms with Gasteiger partial charge in [-0.2, -0.15) is 0 Å². The summed E-state index contributed by atoms with van der Waals surface area (Å²) in [5.74, 6) is 1.43. The van der Waals surface area contributed by atoms with Crippen LogP contribution in [0.4, 0.5) is 0 Å². The van der Waals surface area contributed by atoms with E-state index in [4.69, 9.17) is 0 Å². The Kier molecular flexibility index (Phi) is 5.54. The normalized spacial score (nSPS) is 17.9. The topological polar surface area (TPSA) is 45.2 Å². The van der Waals surface area contributed by atoms with Crippen molar-refractivity contribution in [3.05, 3.63) is 16.1 Å². The molecule has 0 aliphatic carbocycles. The van der Waals surface area contributed by atoms with Gasteiger partial charge in [-0.1, -0.05) is 6.92 Å². The van der Waals surface area contributed by atoms with Crippen LogP contribution in [0.25, 0.3) is 0 Å². The van der Waals surface area contributed by atoms with Gasteiger partial charge in [-0.25, -0.2) is 4.98 Å². The van der Waals surface area contributed by atoms with Crippen LogP contribution in [-0.4, -0.2) is 35.9 Å². The molecule has 1 aliphatic heterocycles. The Hall–Kier alpha value is -0.940. The second-order valence-electron chi connectivity index (χ2n) is 5.86. The van der Waals surface area contributed by atoms with E-state index in [1.165, 1.54) is 12.8 Å². The quantitative estimate of drug-likeness (QED) is 0.907. The molecule has 1 aliphatic rings. The number of aryl methyl sites for hydroxylation is 1. The summed E-state index contributed by atoms with van der Waals surface area (Å²) in [7, 11) is 1.90. The van der Waals surface area contributed by atoms with E-state index in [9.17, 15) is 4.79 Å². The molecule has 1 atom stereocenters. The minimum Gasteiger partial charge on any atom is -0.341 e. The fourth-order valence-electron chi connectivity index (χ4n) is 2.81. The third kappa shape index (κ3) is 4.28. The van der Waals surface area contributed by atoms with Gasteiger partial charge in [0.1, 0.15) is 0 Å². The molecular formula is C15H25N3OS. The summed E-state index contributed by atoms with van der Waals surface area (Å²) >= 11 is 1.67. The lowest BCUT2D eigenvalue weighted by molar-refractivity contribution is -0.131. The molecule has 1 aromatic rings. The summed E-state index contributed by atoms with van der Waals surface area (Å²) in [4.78, 5) is 19.5. The molecule has 1 N–H and O–H groups in total. The molecule has 5 heteroatoms. The number of piperidine rings is 1. The third-order valence-electron chi connectivity index (χ3n) is 4.17. The number of amides is 1. The number of nitrogens with one attached hydrogen (secondary N) is 1. The van der Waals surface area contributed by atoms with Gasteiger partial charge >= 0.3 is 0 Å². The summed E-state index contributed by atoms with van der Waals surface area (Å²) < 4.78 is 0. The first-order valence-corrected chi connectivity index (χ1v) is 8.24. The molecule has 1 fully saturated rings. The molecule has 20 heavy (non-hydrogen) atoms. The fourth-order valence-corrected chi connectivity index (χ4v) is 3.66. The van der Waals surface area contributed by atoms with Crippen LogP contribution < -0.4 is 5.32 Å². The molecule has 2 rings (SSSR count). The molecule has 0 spiro atoms. The highest BCUT2D eigenvalue weighted by atomic mass is 32.1. The van der Waals surface area contributed by atoms with Crippen LogP contribution >= 0.6 is 11.3 Å². The minimum absolute atomic E-state index is 0.252. The Bertz CT molecular complexity index is 440. The van der Waals surface area contributed by atoms with Crippen molar-refractivity contribution in [2.75, 3.05) is 20.1 Å². The van der Waals surface area contributed by atoms with Crippen LogP contribution in [0.2, 0.25) is 0 Å². The molecular weight excluding hydrogens is 270 g/mol. The number of hydrogen-bond acceptors (Lipinski definition) is 4. The van der Waals surface area contributed by atoms with E-state index >= 15 is 0 Å². The largest absolute Gasteiger partial charge is 0.341 e. The van der Waals surface area contributed by atoms with E-state index in [2.05, 4.69) is 17.2 Å². The van der Waals surface area contributed by atoms with Crippen molar-refractivity contribution >= 4 is 17.2 Å². The molecule has 1 unspecified atom stereocenters.